The fraction of sp³-hybridized carbons (Fsp3) is 0.170. The monoisotopic (exact) mass is 996 g/mol. The van der Waals surface area contributed by atoms with E-state index in [9.17, 15) is 10.0 Å². The highest BCUT2D eigenvalue weighted by molar-refractivity contribution is 9.11. The van der Waals surface area contributed by atoms with Crippen LogP contribution in [0.25, 0.3) is 27.1 Å². The van der Waals surface area contributed by atoms with Gasteiger partial charge in [-0.1, -0.05) is 98.0 Å². The largest absolute Gasteiger partial charge is 0.493 e. The van der Waals surface area contributed by atoms with E-state index in [1.807, 2.05) is 97.1 Å². The van der Waals surface area contributed by atoms with Crippen LogP contribution in [-0.2, 0) is 0 Å². The molecule has 0 aliphatic carbocycles. The molecule has 2 unspecified atom stereocenters. The second kappa shape index (κ2) is 19.1. The van der Waals surface area contributed by atoms with Crippen LogP contribution in [0, 0.1) is 0 Å². The topological polar surface area (TPSA) is 225 Å². The predicted molar refractivity (Wildman–Crippen MR) is 254 cm³/mol. The standard InChI is InChI=1S/C23H18BrN3O5.C22H20BrN3O4.2CH4/c1-29-16-10-12(9-15(24)20(16)30-2)17-14-8-7-11-5-3-4-6-13(11)19(14)31-21(25)18(17)22-26-23(28)32-27-22;1-28-16-10-12(9-15(23)20(16)29-2)17-14-8-7-11-5-3-4-6-13(11)19(14)30-22(25)18(17)21(24)26-27;;/h3-10,17H,25H2,1-2H3,(H,26,27,28);3-10,17,27H,25H2,1-2H3,(H2,24,26);2*1H4. The number of nitrogens with two attached hydrogens (primary N) is 3. The number of halogens is 2. The Hall–Kier alpha value is -7.11. The van der Waals surface area contributed by atoms with E-state index < -0.39 is 17.6 Å². The number of methoxy groups -OCH3 is 4. The lowest BCUT2D eigenvalue weighted by Gasteiger charge is -2.30. The number of H-pyrrole nitrogens is 1. The van der Waals surface area contributed by atoms with Crippen LogP contribution in [0.1, 0.15) is 54.8 Å². The van der Waals surface area contributed by atoms with Crippen molar-refractivity contribution >= 4 is 64.8 Å². The van der Waals surface area contributed by atoms with Crippen LogP contribution < -0.4 is 51.4 Å². The summed E-state index contributed by atoms with van der Waals surface area (Å²) in [5.41, 5.74) is 22.9. The van der Waals surface area contributed by atoms with Crippen molar-refractivity contribution in [2.75, 3.05) is 28.4 Å². The lowest BCUT2D eigenvalue weighted by Crippen LogP contribution is -2.30. The molecule has 3 heterocycles. The number of benzene rings is 6. The molecule has 0 bridgehead atoms. The minimum atomic E-state index is -0.683. The Labute approximate surface area is 385 Å². The molecule has 64 heavy (non-hydrogen) atoms. The molecule has 17 heteroatoms. The molecule has 0 amide bonds. The van der Waals surface area contributed by atoms with Crippen LogP contribution >= 0.6 is 31.9 Å². The number of oxime groups is 1. The molecule has 0 saturated heterocycles. The van der Waals surface area contributed by atoms with Crippen molar-refractivity contribution in [3.05, 3.63) is 162 Å². The summed E-state index contributed by atoms with van der Waals surface area (Å²) in [6, 6.07) is 31.3. The number of aromatic nitrogens is 2. The Kier molecular flexibility index (Phi) is 13.8. The third kappa shape index (κ3) is 8.15. The number of nitrogens with zero attached hydrogens (tertiary/aromatic N) is 2. The third-order valence-corrected chi connectivity index (χ3v) is 11.8. The first kappa shape index (κ1) is 46.4. The van der Waals surface area contributed by atoms with Crippen molar-refractivity contribution in [1.82, 2.24) is 10.1 Å². The minimum Gasteiger partial charge on any atom is -0.493 e. The SMILES string of the molecule is C.C.COc1cc(C2C(/C(N)=N/O)=C(N)Oc3c2ccc2ccccc32)cc(Br)c1OC.COc1cc(C2C(c3noc(=O)[nH]3)=C(N)Oc3c2ccc2ccccc32)cc(Br)c1OC. The van der Waals surface area contributed by atoms with Crippen molar-refractivity contribution in [3.63, 3.8) is 0 Å². The van der Waals surface area contributed by atoms with E-state index in [1.165, 1.54) is 0 Å². The lowest BCUT2D eigenvalue weighted by atomic mass is 9.81. The van der Waals surface area contributed by atoms with E-state index in [1.54, 1.807) is 28.4 Å². The molecule has 0 fully saturated rings. The summed E-state index contributed by atoms with van der Waals surface area (Å²) in [4.78, 5) is 14.3. The predicted octanol–water partition coefficient (Wildman–Crippen LogP) is 9.48. The molecule has 9 rings (SSSR count). The Morgan fingerprint density at radius 3 is 1.66 bits per heavy atom. The molecule has 6 aromatic carbocycles. The second-order valence-electron chi connectivity index (χ2n) is 13.9. The zero-order valence-corrected chi connectivity index (χ0v) is 36.7. The smallest absolute Gasteiger partial charge is 0.439 e. The zero-order valence-electron chi connectivity index (χ0n) is 33.5. The van der Waals surface area contributed by atoms with Crippen molar-refractivity contribution in [2.24, 2.45) is 22.4 Å². The number of amidine groups is 1. The fourth-order valence-electron chi connectivity index (χ4n) is 7.96. The van der Waals surface area contributed by atoms with Crippen molar-refractivity contribution in [2.45, 2.75) is 26.7 Å². The summed E-state index contributed by atoms with van der Waals surface area (Å²) < 4.78 is 40.2. The summed E-state index contributed by atoms with van der Waals surface area (Å²) in [6.07, 6.45) is 0. The first-order valence-corrected chi connectivity index (χ1v) is 20.4. The Morgan fingerprint density at radius 2 is 1.19 bits per heavy atom. The minimum absolute atomic E-state index is 0. The van der Waals surface area contributed by atoms with Crippen LogP contribution in [0.15, 0.2) is 138 Å². The van der Waals surface area contributed by atoms with Gasteiger partial charge < -0.3 is 50.8 Å². The molecular formula is C47H46Br2N6O9. The van der Waals surface area contributed by atoms with E-state index in [4.69, 9.17) is 50.1 Å². The van der Waals surface area contributed by atoms with Crippen molar-refractivity contribution in [3.8, 4) is 34.5 Å². The van der Waals surface area contributed by atoms with Gasteiger partial charge in [-0.05, 0) is 78.0 Å². The van der Waals surface area contributed by atoms with Crippen LogP contribution in [0.5, 0.6) is 34.5 Å². The maximum Gasteiger partial charge on any atom is 0.439 e. The summed E-state index contributed by atoms with van der Waals surface area (Å²) in [6.45, 7) is 0. The number of nitrogens with one attached hydrogen (secondary N) is 1. The van der Waals surface area contributed by atoms with Crippen molar-refractivity contribution < 1.29 is 38.2 Å². The lowest BCUT2D eigenvalue weighted by molar-refractivity contribution is 0.317. The highest BCUT2D eigenvalue weighted by Crippen LogP contribution is 2.51. The van der Waals surface area contributed by atoms with E-state index in [2.05, 4.69) is 47.2 Å². The van der Waals surface area contributed by atoms with Gasteiger partial charge in [0, 0.05) is 33.7 Å². The number of rotatable bonds is 8. The number of ether oxygens (including phenoxy) is 6. The number of aromatic amines is 1. The zero-order chi connectivity index (χ0) is 43.8. The summed E-state index contributed by atoms with van der Waals surface area (Å²) in [5.74, 6) is 2.18. The molecule has 15 nitrogen and oxygen atoms in total. The number of hydrogen-bond donors (Lipinski definition) is 5. The molecule has 2 aliphatic rings. The molecule has 0 spiro atoms. The summed E-state index contributed by atoms with van der Waals surface area (Å²) >= 11 is 7.11. The van der Waals surface area contributed by atoms with Crippen molar-refractivity contribution in [1.29, 1.82) is 0 Å². The van der Waals surface area contributed by atoms with Gasteiger partial charge in [-0.25, -0.2) is 4.79 Å². The van der Waals surface area contributed by atoms with Gasteiger partial charge in [0.25, 0.3) is 0 Å². The van der Waals surface area contributed by atoms with Gasteiger partial charge in [0.1, 0.15) is 11.5 Å². The molecule has 2 atom stereocenters. The van der Waals surface area contributed by atoms with Gasteiger partial charge in [0.05, 0.1) is 48.5 Å². The molecule has 7 aromatic rings. The summed E-state index contributed by atoms with van der Waals surface area (Å²) in [7, 11) is 6.27. The number of hydrogen-bond acceptors (Lipinski definition) is 13. The summed E-state index contributed by atoms with van der Waals surface area (Å²) in [5, 5.41) is 20.3. The van der Waals surface area contributed by atoms with Gasteiger partial charge in [-0.15, -0.1) is 0 Å². The highest BCUT2D eigenvalue weighted by Gasteiger charge is 2.37. The van der Waals surface area contributed by atoms with E-state index in [-0.39, 0.29) is 38.3 Å². The maximum atomic E-state index is 11.7. The van der Waals surface area contributed by atoms with Gasteiger partial charge in [0.2, 0.25) is 0 Å². The molecular weight excluding hydrogens is 952 g/mol. The van der Waals surface area contributed by atoms with Gasteiger partial charge >= 0.3 is 5.76 Å². The van der Waals surface area contributed by atoms with E-state index in [0.717, 1.165) is 43.8 Å². The van der Waals surface area contributed by atoms with Crippen LogP contribution in [0.4, 0.5) is 0 Å². The average Bonchev–Trinajstić information content (AvgIpc) is 3.72. The normalized spacial score (nSPS) is 15.3. The Balaban J connectivity index is 0.000000207. The van der Waals surface area contributed by atoms with Gasteiger partial charge in [0.15, 0.2) is 46.4 Å². The highest BCUT2D eigenvalue weighted by atomic mass is 79.9. The molecule has 8 N–H and O–H groups in total. The second-order valence-corrected chi connectivity index (χ2v) is 15.7. The first-order valence-electron chi connectivity index (χ1n) is 18.8. The number of fused-ring (bicyclic) bond motifs is 6. The van der Waals surface area contributed by atoms with E-state index >= 15 is 0 Å². The molecule has 332 valence electrons. The molecule has 0 saturated carbocycles. The van der Waals surface area contributed by atoms with Crippen LogP contribution in [0.2, 0.25) is 0 Å². The molecule has 1 aromatic heterocycles. The maximum absolute atomic E-state index is 11.7. The first-order chi connectivity index (χ1) is 30.0. The van der Waals surface area contributed by atoms with Gasteiger partial charge in [-0.3, -0.25) is 9.51 Å². The Morgan fingerprint density at radius 1 is 0.703 bits per heavy atom. The molecule has 2 aliphatic heterocycles. The third-order valence-electron chi connectivity index (χ3n) is 10.6. The quantitative estimate of drug-likeness (QED) is 0.0415. The van der Waals surface area contributed by atoms with E-state index in [0.29, 0.717) is 54.6 Å². The average molecular weight is 999 g/mol. The Bertz CT molecular complexity index is 3050. The van der Waals surface area contributed by atoms with Crippen LogP contribution in [-0.4, -0.2) is 49.6 Å². The number of allylic oxidation sites excluding steroid dienone is 1. The fourth-order valence-corrected chi connectivity index (χ4v) is 9.20. The van der Waals surface area contributed by atoms with Gasteiger partial charge in [-0.2, -0.15) is 0 Å². The molecule has 0 radical (unpaired) electrons. The van der Waals surface area contributed by atoms with Crippen LogP contribution in [0.3, 0.4) is 0 Å².